The molecule has 1 heterocycles. The molecule has 0 fully saturated rings. The first-order chi connectivity index (χ1) is 8.75. The molecule has 0 unspecified atom stereocenters. The van der Waals surface area contributed by atoms with Gasteiger partial charge in [-0.2, -0.15) is 0 Å². The second-order valence-corrected chi connectivity index (χ2v) is 4.56. The minimum atomic E-state index is 0.126. The van der Waals surface area contributed by atoms with Gasteiger partial charge in [0.05, 0.1) is 0 Å². The van der Waals surface area contributed by atoms with Gasteiger partial charge in [0.2, 0.25) is 0 Å². The SMILES string of the molecule is N=C(N)N1Cc2ccccc2-c2ccccc2C1. The lowest BCUT2D eigenvalue weighted by Crippen LogP contribution is -2.34. The number of rotatable bonds is 0. The van der Waals surface area contributed by atoms with Crippen LogP contribution >= 0.6 is 0 Å². The summed E-state index contributed by atoms with van der Waals surface area (Å²) in [6.45, 7) is 1.39. The predicted molar refractivity (Wildman–Crippen MR) is 73.0 cm³/mol. The van der Waals surface area contributed by atoms with Crippen LogP contribution in [0.3, 0.4) is 0 Å². The number of hydrogen-bond acceptors (Lipinski definition) is 1. The van der Waals surface area contributed by atoms with E-state index in [2.05, 4.69) is 36.4 Å². The Morgan fingerprint density at radius 2 is 1.33 bits per heavy atom. The standard InChI is InChI=1S/C15H15N3/c16-15(17)18-9-11-5-1-3-7-13(11)14-8-4-2-6-12(14)10-18/h1-8H,9-10H2,(H3,16,17). The third-order valence-corrected chi connectivity index (χ3v) is 3.39. The van der Waals surface area contributed by atoms with E-state index in [9.17, 15) is 0 Å². The average Bonchev–Trinajstić information content (AvgIpc) is 2.55. The fraction of sp³-hybridized carbons (Fsp3) is 0.133. The maximum atomic E-state index is 7.67. The lowest BCUT2D eigenvalue weighted by atomic mass is 9.97. The summed E-state index contributed by atoms with van der Waals surface area (Å²) >= 11 is 0. The van der Waals surface area contributed by atoms with Crippen molar-refractivity contribution in [1.29, 1.82) is 5.41 Å². The molecule has 2 aromatic rings. The highest BCUT2D eigenvalue weighted by Crippen LogP contribution is 2.31. The summed E-state index contributed by atoms with van der Waals surface area (Å²) < 4.78 is 0. The molecule has 3 heteroatoms. The van der Waals surface area contributed by atoms with Gasteiger partial charge in [0.1, 0.15) is 0 Å². The third-order valence-electron chi connectivity index (χ3n) is 3.39. The first kappa shape index (κ1) is 10.8. The molecule has 0 aromatic heterocycles. The summed E-state index contributed by atoms with van der Waals surface area (Å²) in [7, 11) is 0. The summed E-state index contributed by atoms with van der Waals surface area (Å²) in [4.78, 5) is 1.89. The highest BCUT2D eigenvalue weighted by atomic mass is 15.2. The Labute approximate surface area is 106 Å². The highest BCUT2D eigenvalue weighted by Gasteiger charge is 2.18. The number of fused-ring (bicyclic) bond motifs is 3. The second kappa shape index (κ2) is 4.18. The number of benzene rings is 2. The molecule has 0 bridgehead atoms. The first-order valence-corrected chi connectivity index (χ1v) is 6.01. The molecule has 0 aliphatic carbocycles. The summed E-state index contributed by atoms with van der Waals surface area (Å²) in [5.74, 6) is 0.126. The van der Waals surface area contributed by atoms with Gasteiger partial charge in [-0.15, -0.1) is 0 Å². The zero-order valence-corrected chi connectivity index (χ0v) is 10.1. The van der Waals surface area contributed by atoms with E-state index in [4.69, 9.17) is 11.1 Å². The van der Waals surface area contributed by atoms with Crippen LogP contribution in [0, 0.1) is 5.41 Å². The molecule has 0 amide bonds. The Bertz CT molecular complexity index is 557. The van der Waals surface area contributed by atoms with Crippen LogP contribution in [0.25, 0.3) is 11.1 Å². The van der Waals surface area contributed by atoms with Crippen LogP contribution in [-0.4, -0.2) is 10.9 Å². The molecule has 0 atom stereocenters. The van der Waals surface area contributed by atoms with Gasteiger partial charge in [-0.1, -0.05) is 48.5 Å². The smallest absolute Gasteiger partial charge is 0.188 e. The van der Waals surface area contributed by atoms with Crippen LogP contribution in [0.2, 0.25) is 0 Å². The zero-order chi connectivity index (χ0) is 12.5. The number of nitrogens with two attached hydrogens (primary N) is 1. The summed E-state index contributed by atoms with van der Waals surface area (Å²) in [5, 5.41) is 7.67. The van der Waals surface area contributed by atoms with E-state index in [0.29, 0.717) is 13.1 Å². The lowest BCUT2D eigenvalue weighted by molar-refractivity contribution is 0.403. The molecule has 18 heavy (non-hydrogen) atoms. The van der Waals surface area contributed by atoms with E-state index < -0.39 is 0 Å². The van der Waals surface area contributed by atoms with Crippen molar-refractivity contribution in [3.05, 3.63) is 59.7 Å². The van der Waals surface area contributed by atoms with Crippen molar-refractivity contribution in [3.8, 4) is 11.1 Å². The van der Waals surface area contributed by atoms with E-state index in [1.807, 2.05) is 17.0 Å². The Balaban J connectivity index is 2.21. The van der Waals surface area contributed by atoms with E-state index in [0.717, 1.165) is 0 Å². The summed E-state index contributed by atoms with van der Waals surface area (Å²) in [6.07, 6.45) is 0. The van der Waals surface area contributed by atoms with E-state index in [1.54, 1.807) is 0 Å². The molecule has 0 radical (unpaired) electrons. The maximum absolute atomic E-state index is 7.67. The van der Waals surface area contributed by atoms with Crippen molar-refractivity contribution in [2.75, 3.05) is 0 Å². The van der Waals surface area contributed by atoms with Crippen molar-refractivity contribution < 1.29 is 0 Å². The fourth-order valence-electron chi connectivity index (χ4n) is 2.48. The number of hydrogen-bond donors (Lipinski definition) is 2. The van der Waals surface area contributed by atoms with Crippen LogP contribution in [0.4, 0.5) is 0 Å². The van der Waals surface area contributed by atoms with E-state index in [1.165, 1.54) is 22.3 Å². The molecule has 1 aliphatic heterocycles. The van der Waals surface area contributed by atoms with Gasteiger partial charge >= 0.3 is 0 Å². The third kappa shape index (κ3) is 1.74. The number of nitrogens with zero attached hydrogens (tertiary/aromatic N) is 1. The van der Waals surface area contributed by atoms with Crippen molar-refractivity contribution in [2.24, 2.45) is 5.73 Å². The topological polar surface area (TPSA) is 53.1 Å². The molecule has 1 aliphatic rings. The van der Waals surface area contributed by atoms with Crippen molar-refractivity contribution in [3.63, 3.8) is 0 Å². The molecule has 0 spiro atoms. The highest BCUT2D eigenvalue weighted by molar-refractivity contribution is 5.78. The first-order valence-electron chi connectivity index (χ1n) is 6.01. The van der Waals surface area contributed by atoms with Gasteiger partial charge in [-0.05, 0) is 22.3 Å². The minimum Gasteiger partial charge on any atom is -0.370 e. The Kier molecular flexibility index (Phi) is 2.52. The van der Waals surface area contributed by atoms with Crippen LogP contribution in [0.15, 0.2) is 48.5 Å². The molecular weight excluding hydrogens is 222 g/mol. The largest absolute Gasteiger partial charge is 0.370 e. The molecule has 0 saturated carbocycles. The molecule has 3 N–H and O–H groups in total. The summed E-state index contributed by atoms with van der Waals surface area (Å²) in [5.41, 5.74) is 10.6. The minimum absolute atomic E-state index is 0.126. The lowest BCUT2D eigenvalue weighted by Gasteiger charge is -2.20. The van der Waals surface area contributed by atoms with Crippen LogP contribution < -0.4 is 5.73 Å². The van der Waals surface area contributed by atoms with E-state index in [-0.39, 0.29) is 5.96 Å². The molecule has 3 nitrogen and oxygen atoms in total. The van der Waals surface area contributed by atoms with Crippen molar-refractivity contribution >= 4 is 5.96 Å². The zero-order valence-electron chi connectivity index (χ0n) is 10.1. The van der Waals surface area contributed by atoms with Gasteiger partial charge in [-0.25, -0.2) is 0 Å². The van der Waals surface area contributed by atoms with E-state index >= 15 is 0 Å². The fourth-order valence-corrected chi connectivity index (χ4v) is 2.48. The van der Waals surface area contributed by atoms with Crippen molar-refractivity contribution in [1.82, 2.24) is 4.90 Å². The van der Waals surface area contributed by atoms with Gasteiger partial charge in [-0.3, -0.25) is 5.41 Å². The Morgan fingerprint density at radius 3 is 1.78 bits per heavy atom. The number of nitrogens with one attached hydrogen (secondary N) is 1. The summed E-state index contributed by atoms with van der Waals surface area (Å²) in [6, 6.07) is 16.7. The molecule has 0 saturated heterocycles. The maximum Gasteiger partial charge on any atom is 0.188 e. The Morgan fingerprint density at radius 1 is 0.889 bits per heavy atom. The van der Waals surface area contributed by atoms with Crippen molar-refractivity contribution in [2.45, 2.75) is 13.1 Å². The number of guanidine groups is 1. The van der Waals surface area contributed by atoms with Gasteiger partial charge < -0.3 is 10.6 Å². The molecule has 90 valence electrons. The molecule has 3 rings (SSSR count). The van der Waals surface area contributed by atoms with Crippen LogP contribution in [0.5, 0.6) is 0 Å². The average molecular weight is 237 g/mol. The van der Waals surface area contributed by atoms with Crippen LogP contribution in [0.1, 0.15) is 11.1 Å². The Hall–Kier alpha value is -2.29. The van der Waals surface area contributed by atoms with Gasteiger partial charge in [0.15, 0.2) is 5.96 Å². The normalized spacial score (nSPS) is 13.4. The molecule has 2 aromatic carbocycles. The van der Waals surface area contributed by atoms with Gasteiger partial charge in [0.25, 0.3) is 0 Å². The molecular formula is C15H15N3. The quantitative estimate of drug-likeness (QED) is 0.546. The monoisotopic (exact) mass is 237 g/mol. The van der Waals surface area contributed by atoms with Crippen LogP contribution in [-0.2, 0) is 13.1 Å². The second-order valence-electron chi connectivity index (χ2n) is 4.56. The predicted octanol–water partition coefficient (Wildman–Crippen LogP) is 2.56. The van der Waals surface area contributed by atoms with Gasteiger partial charge in [0, 0.05) is 13.1 Å².